The van der Waals surface area contributed by atoms with Crippen LogP contribution in [0.2, 0.25) is 0 Å². The Kier molecular flexibility index (Phi) is 2.92. The average Bonchev–Trinajstić information content (AvgIpc) is 2.53. The van der Waals surface area contributed by atoms with Crippen molar-refractivity contribution in [3.05, 3.63) is 34.7 Å². The molecule has 6 rings (SSSR count). The van der Waals surface area contributed by atoms with Crippen LogP contribution in [0.25, 0.3) is 10.9 Å². The highest BCUT2D eigenvalue weighted by molar-refractivity contribution is 5.87. The summed E-state index contributed by atoms with van der Waals surface area (Å²) in [5, 5.41) is 0.897. The van der Waals surface area contributed by atoms with Gasteiger partial charge in [0.25, 0.3) is 0 Å². The van der Waals surface area contributed by atoms with Crippen LogP contribution in [0.15, 0.2) is 29.1 Å². The highest BCUT2D eigenvalue weighted by atomic mass is 16.1. The average molecular weight is 323 g/mol. The summed E-state index contributed by atoms with van der Waals surface area (Å²) in [7, 11) is 0. The van der Waals surface area contributed by atoms with Crippen molar-refractivity contribution in [1.29, 1.82) is 0 Å². The number of nitrogens with zero attached hydrogens (tertiary/aromatic N) is 2. The van der Waals surface area contributed by atoms with Gasteiger partial charge in [-0.05, 0) is 80.8 Å². The molecule has 4 aliphatic carbocycles. The Hall–Kier alpha value is -1.84. The second-order valence-electron chi connectivity index (χ2n) is 8.62. The first-order valence-electron chi connectivity index (χ1n) is 9.32. The number of para-hydroxylation sites is 1. The van der Waals surface area contributed by atoms with Crippen LogP contribution in [-0.4, -0.2) is 9.55 Å². The Morgan fingerprint density at radius 3 is 2.33 bits per heavy atom. The van der Waals surface area contributed by atoms with Gasteiger partial charge in [-0.3, -0.25) is 4.57 Å². The molecule has 24 heavy (non-hydrogen) atoms. The quantitative estimate of drug-likeness (QED) is 0.915. The summed E-state index contributed by atoms with van der Waals surface area (Å²) in [6.45, 7) is 2.21. The molecule has 0 amide bonds. The maximum Gasteiger partial charge on any atom is 0.349 e. The van der Waals surface area contributed by atoms with Crippen molar-refractivity contribution in [1.82, 2.24) is 9.55 Å². The standard InChI is InChI=1S/C20H25N3O/c1-12(20-9-13-6-14(10-20)8-15(7-13)11-20)23-18(21)16-4-2-3-5-17(16)22-19(23)24/h2-5,12-15H,6-11,21H2,1H3. The minimum absolute atomic E-state index is 0.135. The zero-order valence-corrected chi connectivity index (χ0v) is 14.2. The summed E-state index contributed by atoms with van der Waals surface area (Å²) in [5.41, 5.74) is 7.23. The van der Waals surface area contributed by atoms with E-state index in [1.54, 1.807) is 4.57 Å². The van der Waals surface area contributed by atoms with E-state index in [9.17, 15) is 4.79 Å². The fourth-order valence-corrected chi connectivity index (χ4v) is 6.51. The van der Waals surface area contributed by atoms with Crippen molar-refractivity contribution in [3.8, 4) is 0 Å². The minimum atomic E-state index is -0.186. The summed E-state index contributed by atoms with van der Waals surface area (Å²) in [5.74, 6) is 3.19. The molecular formula is C20H25N3O. The third-order valence-corrected chi connectivity index (χ3v) is 7.22. The fraction of sp³-hybridized carbons (Fsp3) is 0.600. The third kappa shape index (κ3) is 1.92. The van der Waals surface area contributed by atoms with Crippen LogP contribution in [0.5, 0.6) is 0 Å². The Balaban J connectivity index is 1.64. The number of benzene rings is 1. The molecule has 0 spiro atoms. The van der Waals surface area contributed by atoms with Crippen LogP contribution >= 0.6 is 0 Å². The van der Waals surface area contributed by atoms with E-state index < -0.39 is 0 Å². The van der Waals surface area contributed by atoms with Gasteiger partial charge in [0.15, 0.2) is 0 Å². The molecule has 1 heterocycles. The van der Waals surface area contributed by atoms with Gasteiger partial charge >= 0.3 is 5.69 Å². The molecule has 4 bridgehead atoms. The molecule has 1 atom stereocenters. The van der Waals surface area contributed by atoms with Crippen molar-refractivity contribution in [2.24, 2.45) is 23.2 Å². The Morgan fingerprint density at radius 1 is 1.12 bits per heavy atom. The van der Waals surface area contributed by atoms with E-state index in [4.69, 9.17) is 5.73 Å². The van der Waals surface area contributed by atoms with Crippen molar-refractivity contribution in [3.63, 3.8) is 0 Å². The van der Waals surface area contributed by atoms with Gasteiger partial charge in [0.05, 0.1) is 5.52 Å². The smallest absolute Gasteiger partial charge is 0.349 e. The normalized spacial score (nSPS) is 35.5. The maximum absolute atomic E-state index is 12.8. The highest BCUT2D eigenvalue weighted by Crippen LogP contribution is 2.63. The fourth-order valence-electron chi connectivity index (χ4n) is 6.51. The molecule has 1 aromatic carbocycles. The minimum Gasteiger partial charge on any atom is -0.384 e. The van der Waals surface area contributed by atoms with E-state index in [0.717, 1.165) is 23.1 Å². The second-order valence-corrected chi connectivity index (χ2v) is 8.62. The van der Waals surface area contributed by atoms with Gasteiger partial charge in [-0.1, -0.05) is 12.1 Å². The van der Waals surface area contributed by atoms with E-state index in [2.05, 4.69) is 11.9 Å². The molecular weight excluding hydrogens is 298 g/mol. The summed E-state index contributed by atoms with van der Waals surface area (Å²) in [6.07, 6.45) is 8.02. The van der Waals surface area contributed by atoms with Gasteiger partial charge in [-0.2, -0.15) is 4.98 Å². The summed E-state index contributed by atoms with van der Waals surface area (Å²) < 4.78 is 1.80. The van der Waals surface area contributed by atoms with E-state index >= 15 is 0 Å². The van der Waals surface area contributed by atoms with E-state index in [1.807, 2.05) is 24.3 Å². The molecule has 0 aliphatic heterocycles. The topological polar surface area (TPSA) is 60.9 Å². The molecule has 1 unspecified atom stereocenters. The first-order chi connectivity index (χ1) is 11.6. The number of rotatable bonds is 2. The zero-order chi connectivity index (χ0) is 16.5. The lowest BCUT2D eigenvalue weighted by atomic mass is 9.48. The molecule has 4 fully saturated rings. The van der Waals surface area contributed by atoms with Crippen molar-refractivity contribution < 1.29 is 0 Å². The number of anilines is 1. The summed E-state index contributed by atoms with van der Waals surface area (Å²) in [4.78, 5) is 17.1. The van der Waals surface area contributed by atoms with E-state index in [-0.39, 0.29) is 17.1 Å². The number of hydrogen-bond acceptors (Lipinski definition) is 3. The Bertz CT molecular complexity index is 834. The summed E-state index contributed by atoms with van der Waals surface area (Å²) >= 11 is 0. The molecule has 1 aromatic heterocycles. The lowest BCUT2D eigenvalue weighted by molar-refractivity contribution is -0.0791. The molecule has 0 radical (unpaired) electrons. The highest BCUT2D eigenvalue weighted by Gasteiger charge is 2.53. The first-order valence-corrected chi connectivity index (χ1v) is 9.32. The van der Waals surface area contributed by atoms with Crippen molar-refractivity contribution in [2.75, 3.05) is 5.73 Å². The Labute approximate surface area is 142 Å². The van der Waals surface area contributed by atoms with Gasteiger partial charge in [0.2, 0.25) is 0 Å². The van der Waals surface area contributed by atoms with E-state index in [0.29, 0.717) is 11.3 Å². The van der Waals surface area contributed by atoms with Crippen LogP contribution in [0.4, 0.5) is 5.82 Å². The van der Waals surface area contributed by atoms with Crippen molar-refractivity contribution >= 4 is 16.7 Å². The number of hydrogen-bond donors (Lipinski definition) is 1. The van der Waals surface area contributed by atoms with Crippen LogP contribution in [0.1, 0.15) is 51.5 Å². The Morgan fingerprint density at radius 2 is 1.71 bits per heavy atom. The molecule has 4 nitrogen and oxygen atoms in total. The zero-order valence-electron chi connectivity index (χ0n) is 14.2. The molecule has 4 heteroatoms. The first kappa shape index (κ1) is 14.5. The van der Waals surface area contributed by atoms with Gasteiger partial charge < -0.3 is 5.73 Å². The van der Waals surface area contributed by atoms with Gasteiger partial charge in [-0.15, -0.1) is 0 Å². The number of nitrogens with two attached hydrogens (primary N) is 1. The monoisotopic (exact) mass is 323 g/mol. The lowest BCUT2D eigenvalue weighted by Crippen LogP contribution is -2.51. The van der Waals surface area contributed by atoms with Crippen LogP contribution in [0, 0.1) is 23.2 Å². The molecule has 2 aromatic rings. The van der Waals surface area contributed by atoms with Gasteiger partial charge in [0.1, 0.15) is 5.82 Å². The van der Waals surface area contributed by atoms with E-state index in [1.165, 1.54) is 38.5 Å². The maximum atomic E-state index is 12.8. The van der Waals surface area contributed by atoms with Gasteiger partial charge in [-0.25, -0.2) is 4.79 Å². The third-order valence-electron chi connectivity index (χ3n) is 7.22. The molecule has 0 saturated heterocycles. The molecule has 4 saturated carbocycles. The second kappa shape index (κ2) is 4.84. The summed E-state index contributed by atoms with van der Waals surface area (Å²) in [6, 6.07) is 7.84. The predicted molar refractivity (Wildman–Crippen MR) is 95.7 cm³/mol. The predicted octanol–water partition coefficient (Wildman–Crippen LogP) is 3.76. The molecule has 2 N–H and O–H groups in total. The molecule has 126 valence electrons. The van der Waals surface area contributed by atoms with Gasteiger partial charge in [0, 0.05) is 11.4 Å². The lowest BCUT2D eigenvalue weighted by Gasteiger charge is -2.59. The number of aromatic nitrogens is 2. The number of nitrogen functional groups attached to an aromatic ring is 1. The van der Waals surface area contributed by atoms with Crippen LogP contribution < -0.4 is 11.4 Å². The van der Waals surface area contributed by atoms with Crippen LogP contribution in [-0.2, 0) is 0 Å². The SMILES string of the molecule is CC(n1c(N)c2ccccc2nc1=O)C12CC3CC(CC(C3)C1)C2. The van der Waals surface area contributed by atoms with Crippen molar-refractivity contribution in [2.45, 2.75) is 51.5 Å². The molecule has 4 aliphatic rings. The number of fused-ring (bicyclic) bond motifs is 1. The van der Waals surface area contributed by atoms with Crippen LogP contribution in [0.3, 0.4) is 0 Å². The largest absolute Gasteiger partial charge is 0.384 e.